The third kappa shape index (κ3) is 2.34. The number of hydrogen-bond donors (Lipinski definition) is 0. The molecule has 0 aliphatic carbocycles. The van der Waals surface area contributed by atoms with E-state index < -0.39 is 0 Å². The van der Waals surface area contributed by atoms with Gasteiger partial charge in [-0.05, 0) is 35.9 Å². The zero-order valence-electron chi connectivity index (χ0n) is 14.2. The van der Waals surface area contributed by atoms with E-state index in [-0.39, 0.29) is 0 Å². The first-order chi connectivity index (χ1) is 13.3. The molecule has 0 nitrogen and oxygen atoms in total. The van der Waals surface area contributed by atoms with Crippen LogP contribution in [0.15, 0.2) is 78.9 Å². The smallest absolute Gasteiger partial charge is 0.0434 e. The molecule has 0 aliphatic heterocycles. The summed E-state index contributed by atoms with van der Waals surface area (Å²) in [6.45, 7) is 0. The van der Waals surface area contributed by atoms with Crippen molar-refractivity contribution in [2.75, 3.05) is 0 Å². The van der Waals surface area contributed by atoms with Gasteiger partial charge < -0.3 is 0 Å². The fourth-order valence-electron chi connectivity index (χ4n) is 3.90. The molecule has 0 radical (unpaired) electrons. The van der Waals surface area contributed by atoms with Crippen molar-refractivity contribution in [1.29, 1.82) is 0 Å². The fraction of sp³-hybridized carbons (Fsp3) is 0. The fourth-order valence-corrected chi connectivity index (χ4v) is 6.48. The lowest BCUT2D eigenvalue weighted by molar-refractivity contribution is 1.74. The van der Waals surface area contributed by atoms with Crippen LogP contribution in [0.4, 0.5) is 0 Å². The summed E-state index contributed by atoms with van der Waals surface area (Å²) in [7, 11) is 0. The van der Waals surface area contributed by atoms with Gasteiger partial charge in [-0.2, -0.15) is 0 Å². The first-order valence-electron chi connectivity index (χ1n) is 8.80. The summed E-state index contributed by atoms with van der Waals surface area (Å²) < 4.78 is 5.27. The van der Waals surface area contributed by atoms with Gasteiger partial charge in [0.1, 0.15) is 0 Å². The molecule has 0 spiro atoms. The van der Waals surface area contributed by atoms with Crippen molar-refractivity contribution in [2.45, 2.75) is 0 Å². The summed E-state index contributed by atoms with van der Waals surface area (Å²) in [6, 6.07) is 28.2. The van der Waals surface area contributed by atoms with Gasteiger partial charge in [0.2, 0.25) is 0 Å². The van der Waals surface area contributed by atoms with Gasteiger partial charge in [-0.15, -0.1) is 22.7 Å². The quantitative estimate of drug-likeness (QED) is 0.259. The summed E-state index contributed by atoms with van der Waals surface area (Å²) in [6.07, 6.45) is 0. The molecular weight excluding hydrogens is 388 g/mol. The Bertz CT molecular complexity index is 1490. The summed E-state index contributed by atoms with van der Waals surface area (Å²) in [4.78, 5) is 0. The molecule has 0 fully saturated rings. The van der Waals surface area contributed by atoms with E-state index >= 15 is 0 Å². The second-order valence-electron chi connectivity index (χ2n) is 6.74. The van der Waals surface area contributed by atoms with Crippen LogP contribution in [-0.2, 0) is 0 Å². The van der Waals surface area contributed by atoms with E-state index in [1.807, 2.05) is 22.7 Å². The molecule has 27 heavy (non-hydrogen) atoms. The number of benzene rings is 4. The summed E-state index contributed by atoms with van der Waals surface area (Å²) in [5, 5.41) is 5.98. The van der Waals surface area contributed by atoms with E-state index in [1.54, 1.807) is 0 Å². The van der Waals surface area contributed by atoms with Gasteiger partial charge in [-0.3, -0.25) is 0 Å². The Morgan fingerprint density at radius 1 is 0.556 bits per heavy atom. The second-order valence-corrected chi connectivity index (χ2v) is 9.31. The average molecular weight is 401 g/mol. The highest BCUT2D eigenvalue weighted by Crippen LogP contribution is 2.43. The van der Waals surface area contributed by atoms with E-state index in [2.05, 4.69) is 78.9 Å². The molecule has 0 aliphatic rings. The maximum absolute atomic E-state index is 6.52. The van der Waals surface area contributed by atoms with Crippen molar-refractivity contribution in [2.24, 2.45) is 0 Å². The van der Waals surface area contributed by atoms with Crippen molar-refractivity contribution in [3.63, 3.8) is 0 Å². The van der Waals surface area contributed by atoms with Crippen molar-refractivity contribution >= 4 is 74.6 Å². The van der Waals surface area contributed by atoms with Gasteiger partial charge in [0.25, 0.3) is 0 Å². The molecule has 2 heterocycles. The van der Waals surface area contributed by atoms with Gasteiger partial charge in [0.05, 0.1) is 0 Å². The van der Waals surface area contributed by atoms with Gasteiger partial charge in [0, 0.05) is 50.9 Å². The van der Waals surface area contributed by atoms with Gasteiger partial charge >= 0.3 is 0 Å². The zero-order valence-corrected chi connectivity index (χ0v) is 16.6. The average Bonchev–Trinajstić information content (AvgIpc) is 3.25. The van der Waals surface area contributed by atoms with Crippen molar-refractivity contribution in [1.82, 2.24) is 0 Å². The number of fused-ring (bicyclic) bond motifs is 6. The van der Waals surface area contributed by atoms with Crippen LogP contribution in [0.5, 0.6) is 0 Å². The van der Waals surface area contributed by atoms with Crippen molar-refractivity contribution < 1.29 is 0 Å². The molecule has 0 amide bonds. The minimum absolute atomic E-state index is 0.789. The molecule has 3 heteroatoms. The van der Waals surface area contributed by atoms with E-state index in [4.69, 9.17) is 11.6 Å². The largest absolute Gasteiger partial charge is 0.135 e. The van der Waals surface area contributed by atoms with Crippen molar-refractivity contribution in [3.8, 4) is 11.1 Å². The Morgan fingerprint density at radius 2 is 1.22 bits per heavy atom. The molecule has 6 aromatic rings. The highest BCUT2D eigenvalue weighted by molar-refractivity contribution is 7.26. The SMILES string of the molecule is Clc1cc(-c2ccc3c(c2)sc2ccccc23)c2sc3ccccc3c2c1. The maximum atomic E-state index is 6.52. The molecular formula is C24H13ClS2. The molecule has 0 atom stereocenters. The lowest BCUT2D eigenvalue weighted by atomic mass is 10.0. The summed E-state index contributed by atoms with van der Waals surface area (Å²) in [5.74, 6) is 0. The molecule has 6 rings (SSSR count). The Morgan fingerprint density at radius 3 is 2.04 bits per heavy atom. The van der Waals surface area contributed by atoms with E-state index in [0.717, 1.165) is 5.02 Å². The lowest BCUT2D eigenvalue weighted by Crippen LogP contribution is -1.79. The van der Waals surface area contributed by atoms with Crippen LogP contribution in [0.3, 0.4) is 0 Å². The van der Waals surface area contributed by atoms with E-state index in [0.29, 0.717) is 0 Å². The summed E-state index contributed by atoms with van der Waals surface area (Å²) >= 11 is 10.2. The first kappa shape index (κ1) is 15.6. The highest BCUT2D eigenvalue weighted by atomic mass is 35.5. The van der Waals surface area contributed by atoms with Crippen LogP contribution in [0.25, 0.3) is 51.5 Å². The van der Waals surface area contributed by atoms with Crippen LogP contribution in [-0.4, -0.2) is 0 Å². The third-order valence-corrected chi connectivity index (χ3v) is 7.70. The molecule has 0 saturated heterocycles. The molecule has 4 aromatic carbocycles. The predicted octanol–water partition coefficient (Wildman–Crippen LogP) is 8.74. The Hall–Kier alpha value is -2.39. The maximum Gasteiger partial charge on any atom is 0.0434 e. The minimum atomic E-state index is 0.789. The van der Waals surface area contributed by atoms with Gasteiger partial charge in [0.15, 0.2) is 0 Å². The third-order valence-electron chi connectivity index (χ3n) is 5.13. The van der Waals surface area contributed by atoms with Gasteiger partial charge in [-0.25, -0.2) is 0 Å². The standard InChI is InChI=1S/C24H13ClS2/c25-15-12-19(24-20(13-15)17-6-2-4-8-22(17)27-24)14-9-10-18-16-5-1-3-7-21(16)26-23(18)11-14/h1-13H. The number of halogens is 1. The Balaban J connectivity index is 1.68. The summed E-state index contributed by atoms with van der Waals surface area (Å²) in [5.41, 5.74) is 2.45. The monoisotopic (exact) mass is 400 g/mol. The van der Waals surface area contributed by atoms with Crippen LogP contribution < -0.4 is 0 Å². The first-order valence-corrected chi connectivity index (χ1v) is 10.8. The second kappa shape index (κ2) is 5.80. The molecule has 0 unspecified atom stereocenters. The zero-order chi connectivity index (χ0) is 18.0. The van der Waals surface area contributed by atoms with Crippen LogP contribution in [0, 0.1) is 0 Å². The topological polar surface area (TPSA) is 0 Å². The highest BCUT2D eigenvalue weighted by Gasteiger charge is 2.13. The van der Waals surface area contributed by atoms with E-state index in [9.17, 15) is 0 Å². The van der Waals surface area contributed by atoms with Gasteiger partial charge in [-0.1, -0.05) is 60.1 Å². The lowest BCUT2D eigenvalue weighted by Gasteiger charge is -2.05. The molecule has 0 saturated carbocycles. The molecule has 0 N–H and O–H groups in total. The predicted molar refractivity (Wildman–Crippen MR) is 123 cm³/mol. The number of rotatable bonds is 1. The van der Waals surface area contributed by atoms with Crippen LogP contribution >= 0.6 is 34.3 Å². The van der Waals surface area contributed by atoms with Crippen molar-refractivity contribution in [3.05, 3.63) is 83.9 Å². The van der Waals surface area contributed by atoms with Crippen LogP contribution in [0.2, 0.25) is 5.02 Å². The van der Waals surface area contributed by atoms with E-state index in [1.165, 1.54) is 51.5 Å². The number of thiophene rings is 2. The Labute approximate surface area is 169 Å². The molecule has 2 aromatic heterocycles. The number of hydrogen-bond acceptors (Lipinski definition) is 2. The normalized spacial score (nSPS) is 11.9. The Kier molecular flexibility index (Phi) is 3.36. The molecule has 0 bridgehead atoms. The minimum Gasteiger partial charge on any atom is -0.135 e. The van der Waals surface area contributed by atoms with Crippen LogP contribution in [0.1, 0.15) is 0 Å². The molecule has 128 valence electrons.